The summed E-state index contributed by atoms with van der Waals surface area (Å²) in [6, 6.07) is 0. The third-order valence-electron chi connectivity index (χ3n) is 1.66. The first-order valence-electron chi connectivity index (χ1n) is 4.10. The molecule has 0 spiro atoms. The monoisotopic (exact) mass is 158 g/mol. The van der Waals surface area contributed by atoms with E-state index in [0.29, 0.717) is 13.0 Å². The van der Waals surface area contributed by atoms with Gasteiger partial charge in [0.15, 0.2) is 6.29 Å². The number of aldehydes is 1. The van der Waals surface area contributed by atoms with Crippen LogP contribution in [-0.4, -0.2) is 25.8 Å². The average Bonchev–Trinajstić information content (AvgIpc) is 2.50. The summed E-state index contributed by atoms with van der Waals surface area (Å²) >= 11 is 0. The van der Waals surface area contributed by atoms with E-state index in [4.69, 9.17) is 9.47 Å². The van der Waals surface area contributed by atoms with Crippen molar-refractivity contribution >= 4 is 6.29 Å². The molecule has 0 saturated carbocycles. The molecule has 1 fully saturated rings. The standard InChI is InChI=1S/C8H14O3/c9-5-1-2-6-10-8-4-3-7-11-8/h5,8H,1-4,6-7H2. The largest absolute Gasteiger partial charge is 0.353 e. The Hall–Kier alpha value is -0.410. The number of hydrogen-bond acceptors (Lipinski definition) is 3. The first-order chi connectivity index (χ1) is 5.43. The van der Waals surface area contributed by atoms with Crippen molar-refractivity contribution < 1.29 is 14.3 Å². The Bertz CT molecular complexity index is 108. The minimum atomic E-state index is 0.00153. The lowest BCUT2D eigenvalue weighted by atomic mass is 10.3. The van der Waals surface area contributed by atoms with E-state index in [1.54, 1.807) is 0 Å². The molecule has 1 saturated heterocycles. The molecule has 0 aromatic heterocycles. The fraction of sp³-hybridized carbons (Fsp3) is 0.875. The average molecular weight is 158 g/mol. The van der Waals surface area contributed by atoms with Gasteiger partial charge >= 0.3 is 0 Å². The summed E-state index contributed by atoms with van der Waals surface area (Å²) in [5, 5.41) is 0. The number of ether oxygens (including phenoxy) is 2. The number of rotatable bonds is 5. The van der Waals surface area contributed by atoms with Crippen LogP contribution in [0.2, 0.25) is 0 Å². The summed E-state index contributed by atoms with van der Waals surface area (Å²) in [4.78, 5) is 9.91. The molecule has 64 valence electrons. The van der Waals surface area contributed by atoms with Crippen LogP contribution in [-0.2, 0) is 14.3 Å². The minimum absolute atomic E-state index is 0.00153. The van der Waals surface area contributed by atoms with E-state index in [-0.39, 0.29) is 6.29 Å². The molecule has 0 bridgehead atoms. The number of carbonyl (C=O) groups is 1. The van der Waals surface area contributed by atoms with Gasteiger partial charge in [-0.05, 0) is 12.8 Å². The molecular weight excluding hydrogens is 144 g/mol. The molecule has 0 aromatic rings. The van der Waals surface area contributed by atoms with E-state index in [0.717, 1.165) is 32.2 Å². The van der Waals surface area contributed by atoms with Crippen LogP contribution < -0.4 is 0 Å². The second kappa shape index (κ2) is 5.27. The third kappa shape index (κ3) is 3.49. The minimum Gasteiger partial charge on any atom is -0.353 e. The summed E-state index contributed by atoms with van der Waals surface area (Å²) < 4.78 is 10.5. The van der Waals surface area contributed by atoms with E-state index in [9.17, 15) is 4.79 Å². The third-order valence-corrected chi connectivity index (χ3v) is 1.66. The summed E-state index contributed by atoms with van der Waals surface area (Å²) in [7, 11) is 0. The van der Waals surface area contributed by atoms with Gasteiger partial charge in [0.05, 0.1) is 6.61 Å². The summed E-state index contributed by atoms with van der Waals surface area (Å²) in [6.45, 7) is 1.46. The summed E-state index contributed by atoms with van der Waals surface area (Å²) in [5.41, 5.74) is 0. The Kier molecular flexibility index (Phi) is 4.16. The van der Waals surface area contributed by atoms with Crippen LogP contribution >= 0.6 is 0 Å². The Morgan fingerprint density at radius 2 is 2.55 bits per heavy atom. The first-order valence-corrected chi connectivity index (χ1v) is 4.10. The molecule has 1 aliphatic rings. The van der Waals surface area contributed by atoms with Crippen LogP contribution in [0.1, 0.15) is 25.7 Å². The van der Waals surface area contributed by atoms with Crippen LogP contribution in [0, 0.1) is 0 Å². The summed E-state index contributed by atoms with van der Waals surface area (Å²) in [5.74, 6) is 0. The lowest BCUT2D eigenvalue weighted by Gasteiger charge is -2.09. The molecule has 0 radical (unpaired) electrons. The van der Waals surface area contributed by atoms with Gasteiger partial charge in [-0.1, -0.05) is 0 Å². The number of unbranched alkanes of at least 4 members (excludes halogenated alkanes) is 1. The van der Waals surface area contributed by atoms with Crippen LogP contribution in [0.15, 0.2) is 0 Å². The normalized spacial score (nSPS) is 23.8. The maximum atomic E-state index is 9.91. The zero-order chi connectivity index (χ0) is 7.94. The predicted molar refractivity (Wildman–Crippen MR) is 40.2 cm³/mol. The fourth-order valence-corrected chi connectivity index (χ4v) is 1.06. The van der Waals surface area contributed by atoms with Crippen molar-refractivity contribution in [3.8, 4) is 0 Å². The quantitative estimate of drug-likeness (QED) is 0.444. The Morgan fingerprint density at radius 1 is 1.64 bits per heavy atom. The molecule has 0 amide bonds. The van der Waals surface area contributed by atoms with E-state index < -0.39 is 0 Å². The molecule has 1 aliphatic heterocycles. The first kappa shape index (κ1) is 8.68. The lowest BCUT2D eigenvalue weighted by molar-refractivity contribution is -0.116. The molecule has 3 nitrogen and oxygen atoms in total. The van der Waals surface area contributed by atoms with Gasteiger partial charge in [0.2, 0.25) is 0 Å². The molecule has 3 heteroatoms. The van der Waals surface area contributed by atoms with Gasteiger partial charge in [-0.25, -0.2) is 0 Å². The summed E-state index contributed by atoms with van der Waals surface area (Å²) in [6.07, 6.45) is 4.41. The van der Waals surface area contributed by atoms with Gasteiger partial charge in [-0.3, -0.25) is 0 Å². The van der Waals surface area contributed by atoms with Gasteiger partial charge < -0.3 is 14.3 Å². The second-order valence-electron chi connectivity index (χ2n) is 2.62. The van der Waals surface area contributed by atoms with E-state index in [1.807, 2.05) is 0 Å². The van der Waals surface area contributed by atoms with Crippen molar-refractivity contribution in [1.29, 1.82) is 0 Å². The second-order valence-corrected chi connectivity index (χ2v) is 2.62. The van der Waals surface area contributed by atoms with E-state index >= 15 is 0 Å². The molecular formula is C8H14O3. The highest BCUT2D eigenvalue weighted by Gasteiger charge is 2.14. The maximum Gasteiger partial charge on any atom is 0.157 e. The van der Waals surface area contributed by atoms with Gasteiger partial charge in [-0.15, -0.1) is 0 Å². The zero-order valence-corrected chi connectivity index (χ0v) is 6.62. The Labute approximate surface area is 66.7 Å². The number of carbonyl (C=O) groups excluding carboxylic acids is 1. The van der Waals surface area contributed by atoms with Gasteiger partial charge in [0.1, 0.15) is 6.29 Å². The predicted octanol–water partition coefficient (Wildman–Crippen LogP) is 1.12. The molecule has 0 aliphatic carbocycles. The highest BCUT2D eigenvalue weighted by atomic mass is 16.7. The van der Waals surface area contributed by atoms with Crippen LogP contribution in [0.4, 0.5) is 0 Å². The Morgan fingerprint density at radius 3 is 3.18 bits per heavy atom. The molecule has 1 heterocycles. The molecule has 0 atom stereocenters. The topological polar surface area (TPSA) is 35.5 Å². The van der Waals surface area contributed by atoms with Crippen molar-refractivity contribution in [2.45, 2.75) is 32.0 Å². The van der Waals surface area contributed by atoms with Gasteiger partial charge in [0, 0.05) is 19.4 Å². The molecule has 11 heavy (non-hydrogen) atoms. The van der Waals surface area contributed by atoms with E-state index in [2.05, 4.69) is 0 Å². The van der Waals surface area contributed by atoms with Crippen LogP contribution in [0.5, 0.6) is 0 Å². The fourth-order valence-electron chi connectivity index (χ4n) is 1.06. The Balaban J connectivity index is 1.89. The molecule has 0 aromatic carbocycles. The highest BCUT2D eigenvalue weighted by molar-refractivity contribution is 5.48. The van der Waals surface area contributed by atoms with E-state index in [1.165, 1.54) is 0 Å². The van der Waals surface area contributed by atoms with Crippen molar-refractivity contribution in [3.05, 3.63) is 0 Å². The zero-order valence-electron chi connectivity index (χ0n) is 6.62. The SMILES string of the molecule is O=CCCCOC1CCCO1. The highest BCUT2D eigenvalue weighted by Crippen LogP contribution is 2.12. The van der Waals surface area contributed by atoms with Crippen molar-refractivity contribution in [2.75, 3.05) is 13.2 Å². The van der Waals surface area contributed by atoms with Crippen LogP contribution in [0.3, 0.4) is 0 Å². The van der Waals surface area contributed by atoms with Gasteiger partial charge in [0.25, 0.3) is 0 Å². The van der Waals surface area contributed by atoms with Crippen molar-refractivity contribution in [1.82, 2.24) is 0 Å². The molecule has 0 N–H and O–H groups in total. The molecule has 0 unspecified atom stereocenters. The number of hydrogen-bond donors (Lipinski definition) is 0. The van der Waals surface area contributed by atoms with Crippen LogP contribution in [0.25, 0.3) is 0 Å². The van der Waals surface area contributed by atoms with Gasteiger partial charge in [-0.2, -0.15) is 0 Å². The van der Waals surface area contributed by atoms with Crippen molar-refractivity contribution in [2.24, 2.45) is 0 Å². The van der Waals surface area contributed by atoms with Crippen molar-refractivity contribution in [3.63, 3.8) is 0 Å². The maximum absolute atomic E-state index is 9.91. The smallest absolute Gasteiger partial charge is 0.157 e. The lowest BCUT2D eigenvalue weighted by Crippen LogP contribution is -2.11. The molecule has 1 rings (SSSR count).